The number of furan rings is 1. The Morgan fingerprint density at radius 2 is 1.58 bits per heavy atom. The Labute approximate surface area is 152 Å². The second-order valence-corrected chi connectivity index (χ2v) is 7.00. The number of hydrogen-bond acceptors (Lipinski definition) is 5. The monoisotopic (exact) mass is 354 g/mol. The molecule has 0 radical (unpaired) electrons. The van der Waals surface area contributed by atoms with Crippen LogP contribution in [0.5, 0.6) is 0 Å². The van der Waals surface area contributed by atoms with E-state index in [1.165, 1.54) is 6.26 Å². The molecule has 136 valence electrons. The van der Waals surface area contributed by atoms with Crippen LogP contribution < -0.4 is 0 Å². The number of esters is 2. The van der Waals surface area contributed by atoms with E-state index in [2.05, 4.69) is 6.58 Å². The summed E-state index contributed by atoms with van der Waals surface area (Å²) < 4.78 is 16.2. The Bertz CT molecular complexity index is 779. The van der Waals surface area contributed by atoms with E-state index in [4.69, 9.17) is 13.9 Å². The van der Waals surface area contributed by atoms with Crippen molar-refractivity contribution in [3.63, 3.8) is 0 Å². The number of carbonyl (C=O) groups is 2. The molecule has 5 nitrogen and oxygen atoms in total. The Balaban J connectivity index is 1.94. The average Bonchev–Trinajstić information content (AvgIpc) is 3.07. The fraction of sp³-hybridized carbons (Fsp3) is 0.333. The summed E-state index contributed by atoms with van der Waals surface area (Å²) in [5.41, 5.74) is 0.490. The molecule has 26 heavy (non-hydrogen) atoms. The SMILES string of the molecule is C=CCc1ccc(CC2(Cc3ccco3)C(=O)OC(C)(C)OC2=O)cc1. The minimum absolute atomic E-state index is 0.0855. The summed E-state index contributed by atoms with van der Waals surface area (Å²) in [5.74, 6) is -1.92. The topological polar surface area (TPSA) is 65.7 Å². The molecule has 2 aromatic rings. The summed E-state index contributed by atoms with van der Waals surface area (Å²) in [6.45, 7) is 6.82. The van der Waals surface area contributed by atoms with Gasteiger partial charge in [-0.25, -0.2) is 0 Å². The van der Waals surface area contributed by atoms with Gasteiger partial charge in [0, 0.05) is 20.3 Å². The fourth-order valence-electron chi connectivity index (χ4n) is 3.12. The Morgan fingerprint density at radius 3 is 2.12 bits per heavy atom. The predicted octanol–water partition coefficient (Wildman–Crippen LogP) is 3.62. The molecule has 0 bridgehead atoms. The zero-order valence-corrected chi connectivity index (χ0v) is 15.0. The van der Waals surface area contributed by atoms with Crippen LogP contribution in [0.15, 0.2) is 59.7 Å². The van der Waals surface area contributed by atoms with E-state index >= 15 is 0 Å². The van der Waals surface area contributed by atoms with Crippen molar-refractivity contribution in [3.05, 3.63) is 72.2 Å². The standard InChI is InChI=1S/C21H22O5/c1-4-6-15-8-10-16(11-9-15)13-21(14-17-7-5-12-24-17)18(22)25-20(2,3)26-19(21)23/h4-5,7-12H,1,6,13-14H2,2-3H3. The lowest BCUT2D eigenvalue weighted by Crippen LogP contribution is -2.56. The first kappa shape index (κ1) is 18.0. The molecule has 3 rings (SSSR count). The van der Waals surface area contributed by atoms with Crippen LogP contribution in [-0.2, 0) is 38.3 Å². The molecule has 0 unspecified atom stereocenters. The number of ether oxygens (including phenoxy) is 2. The van der Waals surface area contributed by atoms with Crippen LogP contribution >= 0.6 is 0 Å². The number of benzene rings is 1. The van der Waals surface area contributed by atoms with Crippen LogP contribution in [0.2, 0.25) is 0 Å². The Morgan fingerprint density at radius 1 is 0.962 bits per heavy atom. The molecule has 0 atom stereocenters. The van der Waals surface area contributed by atoms with Gasteiger partial charge in [-0.15, -0.1) is 6.58 Å². The molecule has 5 heteroatoms. The lowest BCUT2D eigenvalue weighted by Gasteiger charge is -2.40. The summed E-state index contributed by atoms with van der Waals surface area (Å²) in [6, 6.07) is 11.2. The fourth-order valence-corrected chi connectivity index (χ4v) is 3.12. The van der Waals surface area contributed by atoms with Gasteiger partial charge >= 0.3 is 11.9 Å². The second-order valence-electron chi connectivity index (χ2n) is 7.00. The maximum atomic E-state index is 12.9. The molecule has 0 saturated carbocycles. The molecule has 0 N–H and O–H groups in total. The summed E-state index contributed by atoms with van der Waals surface area (Å²) in [4.78, 5) is 25.7. The molecule has 1 fully saturated rings. The summed E-state index contributed by atoms with van der Waals surface area (Å²) >= 11 is 0. The van der Waals surface area contributed by atoms with E-state index < -0.39 is 23.1 Å². The van der Waals surface area contributed by atoms with Crippen LogP contribution in [-0.4, -0.2) is 17.7 Å². The van der Waals surface area contributed by atoms with E-state index in [1.807, 2.05) is 30.3 Å². The van der Waals surface area contributed by atoms with Crippen LogP contribution in [0.3, 0.4) is 0 Å². The number of carbonyl (C=O) groups excluding carboxylic acids is 2. The van der Waals surface area contributed by atoms with E-state index in [-0.39, 0.29) is 12.8 Å². The van der Waals surface area contributed by atoms with Crippen LogP contribution in [0.25, 0.3) is 0 Å². The summed E-state index contributed by atoms with van der Waals surface area (Å²) in [6.07, 6.45) is 4.36. The van der Waals surface area contributed by atoms with E-state index in [0.29, 0.717) is 5.76 Å². The highest BCUT2D eigenvalue weighted by Crippen LogP contribution is 2.38. The highest BCUT2D eigenvalue weighted by molar-refractivity contribution is 6.02. The second kappa shape index (κ2) is 6.83. The summed E-state index contributed by atoms with van der Waals surface area (Å²) in [7, 11) is 0. The maximum Gasteiger partial charge on any atom is 0.327 e. The molecule has 1 saturated heterocycles. The highest BCUT2D eigenvalue weighted by Gasteiger charge is 2.56. The van der Waals surface area contributed by atoms with Crippen molar-refractivity contribution in [1.29, 1.82) is 0 Å². The zero-order valence-electron chi connectivity index (χ0n) is 15.0. The third kappa shape index (κ3) is 3.57. The number of allylic oxidation sites excluding steroid dienone is 1. The lowest BCUT2D eigenvalue weighted by molar-refractivity contribution is -0.251. The minimum Gasteiger partial charge on any atom is -0.469 e. The molecule has 1 aromatic carbocycles. The molecule has 1 aliphatic rings. The largest absolute Gasteiger partial charge is 0.469 e. The Hall–Kier alpha value is -2.82. The van der Waals surface area contributed by atoms with Gasteiger partial charge in [-0.1, -0.05) is 30.3 Å². The first-order valence-corrected chi connectivity index (χ1v) is 8.53. The van der Waals surface area contributed by atoms with Crippen molar-refractivity contribution >= 4 is 11.9 Å². The predicted molar refractivity (Wildman–Crippen MR) is 95.2 cm³/mol. The van der Waals surface area contributed by atoms with Crippen LogP contribution in [0.1, 0.15) is 30.7 Å². The summed E-state index contributed by atoms with van der Waals surface area (Å²) in [5, 5.41) is 0. The first-order valence-electron chi connectivity index (χ1n) is 8.53. The van der Waals surface area contributed by atoms with Gasteiger partial charge in [0.05, 0.1) is 6.26 Å². The third-order valence-corrected chi connectivity index (χ3v) is 4.42. The first-order chi connectivity index (χ1) is 12.3. The zero-order chi connectivity index (χ0) is 18.8. The average molecular weight is 354 g/mol. The van der Waals surface area contributed by atoms with Crippen molar-refractivity contribution in [1.82, 2.24) is 0 Å². The van der Waals surface area contributed by atoms with Crippen molar-refractivity contribution in [2.75, 3.05) is 0 Å². The molecular formula is C21H22O5. The number of rotatable bonds is 6. The molecule has 0 aliphatic carbocycles. The van der Waals surface area contributed by atoms with Gasteiger partial charge in [-0.2, -0.15) is 0 Å². The molecule has 0 amide bonds. The van der Waals surface area contributed by atoms with Gasteiger partial charge < -0.3 is 13.9 Å². The lowest BCUT2D eigenvalue weighted by atomic mass is 9.77. The Kier molecular flexibility index (Phi) is 4.72. The van der Waals surface area contributed by atoms with Gasteiger partial charge in [0.25, 0.3) is 5.79 Å². The smallest absolute Gasteiger partial charge is 0.327 e. The van der Waals surface area contributed by atoms with Gasteiger partial charge in [0.2, 0.25) is 0 Å². The van der Waals surface area contributed by atoms with Crippen molar-refractivity contribution in [3.8, 4) is 0 Å². The molecular weight excluding hydrogens is 332 g/mol. The van der Waals surface area contributed by atoms with Crippen LogP contribution in [0.4, 0.5) is 0 Å². The van der Waals surface area contributed by atoms with Gasteiger partial charge in [0.15, 0.2) is 5.41 Å². The molecule has 1 aliphatic heterocycles. The molecule has 1 aromatic heterocycles. The van der Waals surface area contributed by atoms with Crippen molar-refractivity contribution in [2.45, 2.75) is 38.9 Å². The highest BCUT2D eigenvalue weighted by atomic mass is 16.7. The van der Waals surface area contributed by atoms with E-state index in [1.54, 1.807) is 26.0 Å². The maximum absolute atomic E-state index is 12.9. The third-order valence-electron chi connectivity index (χ3n) is 4.42. The van der Waals surface area contributed by atoms with Crippen molar-refractivity contribution in [2.24, 2.45) is 5.41 Å². The van der Waals surface area contributed by atoms with Gasteiger partial charge in [0.1, 0.15) is 5.76 Å². The van der Waals surface area contributed by atoms with E-state index in [0.717, 1.165) is 17.5 Å². The minimum atomic E-state index is -1.46. The normalized spacial score (nSPS) is 18.1. The van der Waals surface area contributed by atoms with Crippen LogP contribution in [0, 0.1) is 5.41 Å². The number of cyclic esters (lactones) is 2. The molecule has 0 spiro atoms. The molecule has 2 heterocycles. The number of hydrogen-bond donors (Lipinski definition) is 0. The van der Waals surface area contributed by atoms with Gasteiger partial charge in [-0.05, 0) is 36.1 Å². The van der Waals surface area contributed by atoms with Crippen molar-refractivity contribution < 1.29 is 23.5 Å². The van der Waals surface area contributed by atoms with E-state index in [9.17, 15) is 9.59 Å². The quantitative estimate of drug-likeness (QED) is 0.450. The van der Waals surface area contributed by atoms with Gasteiger partial charge in [-0.3, -0.25) is 9.59 Å².